The lowest BCUT2D eigenvalue weighted by Crippen LogP contribution is -2.11. The number of nitrogens with zero attached hydrogens (tertiary/aromatic N) is 1. The van der Waals surface area contributed by atoms with E-state index in [1.807, 2.05) is 54.6 Å². The molecule has 3 aromatic rings. The monoisotopic (exact) mass is 362 g/mol. The van der Waals surface area contributed by atoms with Crippen molar-refractivity contribution in [2.24, 2.45) is 0 Å². The Morgan fingerprint density at radius 1 is 0.889 bits per heavy atom. The van der Waals surface area contributed by atoms with Crippen LogP contribution >= 0.6 is 0 Å². The smallest absolute Gasteiger partial charge is 0.263 e. The molecular formula is C22H22N2O3. The lowest BCUT2D eigenvalue weighted by molar-refractivity contribution is -0.116. The molecule has 0 spiro atoms. The summed E-state index contributed by atoms with van der Waals surface area (Å²) in [5, 5.41) is 2.94. The number of nitrogens with one attached hydrogen (secondary N) is 1. The van der Waals surface area contributed by atoms with Crippen molar-refractivity contribution in [3.63, 3.8) is 0 Å². The average Bonchev–Trinajstić information content (AvgIpc) is 3.23. The second-order valence-corrected chi connectivity index (χ2v) is 6.32. The summed E-state index contributed by atoms with van der Waals surface area (Å²) >= 11 is 0. The van der Waals surface area contributed by atoms with Crippen molar-refractivity contribution >= 4 is 17.4 Å². The Balaban J connectivity index is 1.40. The molecular weight excluding hydrogens is 340 g/mol. The van der Waals surface area contributed by atoms with Crippen LogP contribution in [0.5, 0.6) is 0 Å². The summed E-state index contributed by atoms with van der Waals surface area (Å²) in [5.74, 6) is 0.0486. The van der Waals surface area contributed by atoms with Gasteiger partial charge in [-0.15, -0.1) is 0 Å². The van der Waals surface area contributed by atoms with Crippen molar-refractivity contribution in [2.75, 3.05) is 5.32 Å². The molecule has 1 heterocycles. The highest BCUT2D eigenvalue weighted by atomic mass is 16.3. The van der Waals surface area contributed by atoms with Gasteiger partial charge in [0.2, 0.25) is 11.7 Å². The summed E-state index contributed by atoms with van der Waals surface area (Å²) in [4.78, 5) is 27.7. The SMILES string of the molecule is O=C(CCCCCC(=O)c1ncco1)Nc1cccc(-c2ccccc2)c1. The average molecular weight is 362 g/mol. The molecule has 0 saturated heterocycles. The summed E-state index contributed by atoms with van der Waals surface area (Å²) < 4.78 is 4.97. The number of amides is 1. The fourth-order valence-corrected chi connectivity index (χ4v) is 2.85. The lowest BCUT2D eigenvalue weighted by atomic mass is 10.1. The Morgan fingerprint density at radius 3 is 2.44 bits per heavy atom. The fraction of sp³-hybridized carbons (Fsp3) is 0.227. The molecule has 0 saturated carbocycles. The minimum absolute atomic E-state index is 0.0146. The summed E-state index contributed by atoms with van der Waals surface area (Å²) in [5.41, 5.74) is 2.98. The number of benzene rings is 2. The Bertz CT molecular complexity index is 874. The number of hydrogen-bond donors (Lipinski definition) is 1. The van der Waals surface area contributed by atoms with Crippen LogP contribution < -0.4 is 5.32 Å². The Kier molecular flexibility index (Phi) is 6.52. The van der Waals surface area contributed by atoms with Crippen molar-refractivity contribution in [2.45, 2.75) is 32.1 Å². The number of carbonyl (C=O) groups excluding carboxylic acids is 2. The van der Waals surface area contributed by atoms with E-state index in [1.54, 1.807) is 0 Å². The van der Waals surface area contributed by atoms with E-state index in [0.717, 1.165) is 36.1 Å². The predicted octanol–water partition coefficient (Wildman–Crippen LogP) is 5.11. The zero-order chi connectivity index (χ0) is 18.9. The van der Waals surface area contributed by atoms with Crippen LogP contribution in [0.2, 0.25) is 0 Å². The van der Waals surface area contributed by atoms with Crippen molar-refractivity contribution in [3.8, 4) is 11.1 Å². The van der Waals surface area contributed by atoms with E-state index >= 15 is 0 Å². The number of aromatic nitrogens is 1. The number of unbranched alkanes of at least 4 members (excludes halogenated alkanes) is 2. The molecule has 0 atom stereocenters. The number of hydrogen-bond acceptors (Lipinski definition) is 4. The molecule has 0 aliphatic heterocycles. The second-order valence-electron chi connectivity index (χ2n) is 6.32. The molecule has 3 rings (SSSR count). The van der Waals surface area contributed by atoms with E-state index < -0.39 is 0 Å². The molecule has 5 heteroatoms. The normalized spacial score (nSPS) is 10.5. The third kappa shape index (κ3) is 5.64. The van der Waals surface area contributed by atoms with E-state index in [4.69, 9.17) is 4.42 Å². The van der Waals surface area contributed by atoms with Crippen molar-refractivity contribution in [1.82, 2.24) is 4.98 Å². The van der Waals surface area contributed by atoms with E-state index in [9.17, 15) is 9.59 Å². The van der Waals surface area contributed by atoms with Gasteiger partial charge in [0.15, 0.2) is 0 Å². The molecule has 1 aromatic heterocycles. The second kappa shape index (κ2) is 9.48. The molecule has 0 aliphatic rings. The summed E-state index contributed by atoms with van der Waals surface area (Å²) in [6.45, 7) is 0. The first-order chi connectivity index (χ1) is 13.2. The molecule has 27 heavy (non-hydrogen) atoms. The van der Waals surface area contributed by atoms with Gasteiger partial charge >= 0.3 is 0 Å². The van der Waals surface area contributed by atoms with Crippen LogP contribution in [-0.4, -0.2) is 16.7 Å². The van der Waals surface area contributed by atoms with E-state index in [1.165, 1.54) is 12.5 Å². The number of carbonyl (C=O) groups is 2. The standard InChI is InChI=1S/C22H22N2O3/c25-20(22-23-14-15-27-22)12-5-2-6-13-21(26)24-19-11-7-10-18(16-19)17-8-3-1-4-9-17/h1,3-4,7-11,14-16H,2,5-6,12-13H2,(H,24,26). The molecule has 0 aliphatic carbocycles. The van der Waals surface area contributed by atoms with E-state index in [0.29, 0.717) is 12.8 Å². The van der Waals surface area contributed by atoms with Crippen LogP contribution in [0.25, 0.3) is 11.1 Å². The fourth-order valence-electron chi connectivity index (χ4n) is 2.85. The van der Waals surface area contributed by atoms with Crippen LogP contribution in [-0.2, 0) is 4.79 Å². The maximum atomic E-state index is 12.1. The topological polar surface area (TPSA) is 72.2 Å². The van der Waals surface area contributed by atoms with Gasteiger partial charge < -0.3 is 9.73 Å². The first-order valence-electron chi connectivity index (χ1n) is 9.10. The summed E-state index contributed by atoms with van der Waals surface area (Å²) in [6.07, 6.45) is 5.95. The zero-order valence-electron chi connectivity index (χ0n) is 15.1. The van der Waals surface area contributed by atoms with Crippen molar-refractivity contribution in [1.29, 1.82) is 0 Å². The van der Waals surface area contributed by atoms with Gasteiger partial charge in [0, 0.05) is 18.5 Å². The zero-order valence-corrected chi connectivity index (χ0v) is 15.1. The summed E-state index contributed by atoms with van der Waals surface area (Å²) in [7, 11) is 0. The first kappa shape index (κ1) is 18.6. The van der Waals surface area contributed by atoms with Gasteiger partial charge in [0.25, 0.3) is 5.89 Å². The van der Waals surface area contributed by atoms with Gasteiger partial charge in [-0.2, -0.15) is 0 Å². The third-order valence-corrected chi connectivity index (χ3v) is 4.23. The van der Waals surface area contributed by atoms with Gasteiger partial charge in [-0.05, 0) is 36.1 Å². The molecule has 1 N–H and O–H groups in total. The third-order valence-electron chi connectivity index (χ3n) is 4.23. The number of anilines is 1. The molecule has 0 radical (unpaired) electrons. The highest BCUT2D eigenvalue weighted by molar-refractivity contribution is 5.92. The number of ketones is 1. The largest absolute Gasteiger partial charge is 0.442 e. The highest BCUT2D eigenvalue weighted by Gasteiger charge is 2.10. The molecule has 5 nitrogen and oxygen atoms in total. The van der Waals surface area contributed by atoms with Gasteiger partial charge in [-0.3, -0.25) is 9.59 Å². The molecule has 2 aromatic carbocycles. The maximum absolute atomic E-state index is 12.1. The highest BCUT2D eigenvalue weighted by Crippen LogP contribution is 2.22. The first-order valence-corrected chi connectivity index (χ1v) is 9.10. The van der Waals surface area contributed by atoms with Gasteiger partial charge in [-0.1, -0.05) is 48.9 Å². The Labute approximate surface area is 158 Å². The predicted molar refractivity (Wildman–Crippen MR) is 104 cm³/mol. The summed E-state index contributed by atoms with van der Waals surface area (Å²) in [6, 6.07) is 17.9. The molecule has 138 valence electrons. The van der Waals surface area contributed by atoms with Crippen LogP contribution in [0, 0.1) is 0 Å². The van der Waals surface area contributed by atoms with Crippen LogP contribution in [0.1, 0.15) is 42.8 Å². The number of oxazole rings is 1. The van der Waals surface area contributed by atoms with Gasteiger partial charge in [0.1, 0.15) is 6.26 Å². The van der Waals surface area contributed by atoms with E-state index in [-0.39, 0.29) is 17.6 Å². The van der Waals surface area contributed by atoms with Crippen LogP contribution in [0.3, 0.4) is 0 Å². The Hall–Kier alpha value is -3.21. The van der Waals surface area contributed by atoms with E-state index in [2.05, 4.69) is 10.3 Å². The van der Waals surface area contributed by atoms with Crippen molar-refractivity contribution in [3.05, 3.63) is 72.9 Å². The molecule has 0 unspecified atom stereocenters. The minimum atomic E-state index is -0.0952. The van der Waals surface area contributed by atoms with Crippen LogP contribution in [0.4, 0.5) is 5.69 Å². The van der Waals surface area contributed by atoms with Gasteiger partial charge in [-0.25, -0.2) is 4.98 Å². The Morgan fingerprint density at radius 2 is 1.67 bits per heavy atom. The number of Topliss-reactive ketones (excluding diaryl/α,β-unsaturated/α-hetero) is 1. The van der Waals surface area contributed by atoms with Crippen LogP contribution in [0.15, 0.2) is 71.5 Å². The minimum Gasteiger partial charge on any atom is -0.442 e. The van der Waals surface area contributed by atoms with Crippen molar-refractivity contribution < 1.29 is 14.0 Å². The molecule has 1 amide bonds. The molecule has 0 fully saturated rings. The lowest BCUT2D eigenvalue weighted by Gasteiger charge is -2.08. The maximum Gasteiger partial charge on any atom is 0.263 e. The molecule has 0 bridgehead atoms. The quantitative estimate of drug-likeness (QED) is 0.424. The van der Waals surface area contributed by atoms with Gasteiger partial charge in [0.05, 0.1) is 6.20 Å². The number of rotatable bonds is 9.